The molecule has 3 N–H and O–H groups in total. The molecular weight excluding hydrogens is 322 g/mol. The van der Waals surface area contributed by atoms with Gasteiger partial charge in [0.25, 0.3) is 0 Å². The van der Waals surface area contributed by atoms with Crippen LogP contribution in [0.3, 0.4) is 0 Å². The number of nitrogens with one attached hydrogen (secondary N) is 3. The maximum absolute atomic E-state index is 12.7. The molecule has 24 heavy (non-hydrogen) atoms. The van der Waals surface area contributed by atoms with E-state index in [0.29, 0.717) is 0 Å². The van der Waals surface area contributed by atoms with Crippen molar-refractivity contribution in [3.63, 3.8) is 0 Å². The monoisotopic (exact) mass is 341 g/mol. The van der Waals surface area contributed by atoms with Crippen LogP contribution >= 0.6 is 11.3 Å². The first kappa shape index (κ1) is 15.3. The quantitative estimate of drug-likeness (QED) is 0.685. The number of carbonyl (C=O) groups excluding carboxylic acids is 1. The molecular formula is C17H19N5OS. The van der Waals surface area contributed by atoms with E-state index in [1.165, 1.54) is 0 Å². The predicted molar refractivity (Wildman–Crippen MR) is 95.8 cm³/mol. The van der Waals surface area contributed by atoms with Crippen LogP contribution in [-0.2, 0) is 4.79 Å². The first-order valence-corrected chi connectivity index (χ1v) is 8.85. The summed E-state index contributed by atoms with van der Waals surface area (Å²) in [5, 5.41) is 5.09. The number of thiazole rings is 1. The summed E-state index contributed by atoms with van der Waals surface area (Å²) in [7, 11) is 0. The second kappa shape index (κ2) is 6.01. The van der Waals surface area contributed by atoms with E-state index in [1.807, 2.05) is 60.3 Å². The Morgan fingerprint density at radius 3 is 2.75 bits per heavy atom. The SMILES string of the molecule is CC1NNC(C)C1C(=O)Nc1ccccc1-c1cn2ccsc2n1. The van der Waals surface area contributed by atoms with Crippen molar-refractivity contribution in [3.05, 3.63) is 42.0 Å². The summed E-state index contributed by atoms with van der Waals surface area (Å²) in [6.07, 6.45) is 3.97. The molecule has 7 heteroatoms. The number of hydrazine groups is 1. The second-order valence-corrected chi connectivity index (χ2v) is 7.02. The molecule has 0 radical (unpaired) electrons. The maximum atomic E-state index is 12.7. The van der Waals surface area contributed by atoms with E-state index >= 15 is 0 Å². The molecule has 6 nitrogen and oxygen atoms in total. The zero-order valence-electron chi connectivity index (χ0n) is 13.5. The van der Waals surface area contributed by atoms with E-state index in [-0.39, 0.29) is 23.9 Å². The molecule has 0 saturated carbocycles. The number of rotatable bonds is 3. The topological polar surface area (TPSA) is 70.5 Å². The van der Waals surface area contributed by atoms with Crippen LogP contribution in [0.1, 0.15) is 13.8 Å². The van der Waals surface area contributed by atoms with Gasteiger partial charge in [0.05, 0.1) is 17.3 Å². The summed E-state index contributed by atoms with van der Waals surface area (Å²) in [6, 6.07) is 7.97. The Bertz CT molecular complexity index is 847. The molecule has 2 atom stereocenters. The summed E-state index contributed by atoms with van der Waals surface area (Å²) >= 11 is 1.59. The van der Waals surface area contributed by atoms with Gasteiger partial charge in [-0.05, 0) is 19.9 Å². The number of nitrogens with zero attached hydrogens (tertiary/aromatic N) is 2. The lowest BCUT2D eigenvalue weighted by atomic mass is 9.95. The summed E-state index contributed by atoms with van der Waals surface area (Å²) in [5.41, 5.74) is 8.83. The highest BCUT2D eigenvalue weighted by Crippen LogP contribution is 2.29. The van der Waals surface area contributed by atoms with Gasteiger partial charge in [-0.15, -0.1) is 11.3 Å². The van der Waals surface area contributed by atoms with Gasteiger partial charge in [0.15, 0.2) is 4.96 Å². The minimum absolute atomic E-state index is 0.0148. The Kier molecular flexibility index (Phi) is 3.84. The molecule has 124 valence electrons. The summed E-state index contributed by atoms with van der Waals surface area (Å²) in [6.45, 7) is 4.02. The number of para-hydroxylation sites is 1. The van der Waals surface area contributed by atoms with Crippen LogP contribution in [0, 0.1) is 5.92 Å². The minimum atomic E-state index is -0.122. The predicted octanol–water partition coefficient (Wildman–Crippen LogP) is 2.50. The van der Waals surface area contributed by atoms with Crippen LogP contribution in [0.4, 0.5) is 5.69 Å². The van der Waals surface area contributed by atoms with Crippen molar-refractivity contribution >= 4 is 27.9 Å². The number of benzene rings is 1. The standard InChI is InChI=1S/C17H19N5OS/c1-10-15(11(2)21-20-10)16(23)18-13-6-4-3-5-12(13)14-9-22-7-8-24-17(22)19-14/h3-11,15,20-21H,1-2H3,(H,18,23). The lowest BCUT2D eigenvalue weighted by molar-refractivity contribution is -0.120. The number of fused-ring (bicyclic) bond motifs is 1. The van der Waals surface area contributed by atoms with E-state index in [9.17, 15) is 4.79 Å². The van der Waals surface area contributed by atoms with Crippen molar-refractivity contribution < 1.29 is 4.79 Å². The lowest BCUT2D eigenvalue weighted by Gasteiger charge is -2.18. The number of imidazole rings is 1. The number of hydrogen-bond donors (Lipinski definition) is 3. The third-order valence-corrected chi connectivity index (χ3v) is 5.24. The van der Waals surface area contributed by atoms with Crippen molar-refractivity contribution in [2.75, 3.05) is 5.32 Å². The molecule has 1 fully saturated rings. The molecule has 1 aromatic carbocycles. The van der Waals surface area contributed by atoms with Crippen molar-refractivity contribution in [3.8, 4) is 11.3 Å². The summed E-state index contributed by atoms with van der Waals surface area (Å²) in [5.74, 6) is -0.107. The molecule has 0 aliphatic carbocycles. The highest BCUT2D eigenvalue weighted by molar-refractivity contribution is 7.15. The van der Waals surface area contributed by atoms with Crippen molar-refractivity contribution in [1.82, 2.24) is 20.2 Å². The largest absolute Gasteiger partial charge is 0.325 e. The van der Waals surface area contributed by atoms with Gasteiger partial charge in [-0.3, -0.25) is 20.0 Å². The van der Waals surface area contributed by atoms with Crippen LogP contribution in [0.25, 0.3) is 16.2 Å². The summed E-state index contributed by atoms with van der Waals surface area (Å²) in [4.78, 5) is 18.3. The third kappa shape index (κ3) is 2.60. The fourth-order valence-corrected chi connectivity index (χ4v) is 3.92. The smallest absolute Gasteiger partial charge is 0.230 e. The fraction of sp³-hybridized carbons (Fsp3) is 0.294. The Hall–Kier alpha value is -2.22. The number of amides is 1. The first-order chi connectivity index (χ1) is 11.6. The Balaban J connectivity index is 1.64. The Morgan fingerprint density at radius 1 is 1.25 bits per heavy atom. The van der Waals surface area contributed by atoms with Crippen LogP contribution in [0.5, 0.6) is 0 Å². The highest BCUT2D eigenvalue weighted by atomic mass is 32.1. The molecule has 4 rings (SSSR count). The van der Waals surface area contributed by atoms with Gasteiger partial charge in [-0.2, -0.15) is 0 Å². The number of carbonyl (C=O) groups is 1. The molecule has 0 spiro atoms. The number of anilines is 1. The normalized spacial score (nSPS) is 23.7. The molecule has 2 unspecified atom stereocenters. The maximum Gasteiger partial charge on any atom is 0.230 e. The minimum Gasteiger partial charge on any atom is -0.325 e. The number of hydrogen-bond acceptors (Lipinski definition) is 5. The molecule has 3 aromatic rings. The van der Waals surface area contributed by atoms with Gasteiger partial charge in [0.1, 0.15) is 0 Å². The molecule has 1 aliphatic rings. The van der Waals surface area contributed by atoms with Gasteiger partial charge in [-0.25, -0.2) is 4.98 Å². The molecule has 0 bridgehead atoms. The third-order valence-electron chi connectivity index (χ3n) is 4.47. The number of aromatic nitrogens is 2. The molecule has 1 aliphatic heterocycles. The molecule has 1 amide bonds. The van der Waals surface area contributed by atoms with E-state index in [4.69, 9.17) is 0 Å². The van der Waals surface area contributed by atoms with Crippen LogP contribution < -0.4 is 16.2 Å². The van der Waals surface area contributed by atoms with E-state index in [2.05, 4.69) is 21.2 Å². The highest BCUT2D eigenvalue weighted by Gasteiger charge is 2.35. The van der Waals surface area contributed by atoms with Crippen LogP contribution in [0.15, 0.2) is 42.0 Å². The van der Waals surface area contributed by atoms with Gasteiger partial charge >= 0.3 is 0 Å². The van der Waals surface area contributed by atoms with Crippen molar-refractivity contribution in [2.24, 2.45) is 5.92 Å². The zero-order chi connectivity index (χ0) is 16.7. The van der Waals surface area contributed by atoms with Crippen LogP contribution in [0.2, 0.25) is 0 Å². The molecule has 1 saturated heterocycles. The Labute approximate surface area is 143 Å². The van der Waals surface area contributed by atoms with Gasteiger partial charge < -0.3 is 5.32 Å². The lowest BCUT2D eigenvalue weighted by Crippen LogP contribution is -2.35. The first-order valence-electron chi connectivity index (χ1n) is 7.97. The van der Waals surface area contributed by atoms with Gasteiger partial charge in [0, 0.05) is 35.4 Å². The van der Waals surface area contributed by atoms with E-state index < -0.39 is 0 Å². The average Bonchev–Trinajstić information content (AvgIpc) is 3.23. The zero-order valence-corrected chi connectivity index (χ0v) is 14.3. The fourth-order valence-electron chi connectivity index (χ4n) is 3.22. The van der Waals surface area contributed by atoms with Crippen LogP contribution in [-0.4, -0.2) is 27.4 Å². The average molecular weight is 341 g/mol. The van der Waals surface area contributed by atoms with Crippen molar-refractivity contribution in [1.29, 1.82) is 0 Å². The molecule has 3 heterocycles. The molecule has 2 aromatic heterocycles. The Morgan fingerprint density at radius 2 is 2.00 bits per heavy atom. The van der Waals surface area contributed by atoms with E-state index in [0.717, 1.165) is 21.9 Å². The second-order valence-electron chi connectivity index (χ2n) is 6.15. The van der Waals surface area contributed by atoms with E-state index in [1.54, 1.807) is 11.3 Å². The summed E-state index contributed by atoms with van der Waals surface area (Å²) < 4.78 is 1.99. The van der Waals surface area contributed by atoms with Gasteiger partial charge in [0.2, 0.25) is 5.91 Å². The van der Waals surface area contributed by atoms with Crippen molar-refractivity contribution in [2.45, 2.75) is 25.9 Å². The van der Waals surface area contributed by atoms with Gasteiger partial charge in [-0.1, -0.05) is 18.2 Å².